The molecule has 0 aliphatic carbocycles. The number of rotatable bonds is 3. The highest BCUT2D eigenvalue weighted by atomic mass is 32.2. The molecule has 1 amide bonds. The van der Waals surface area contributed by atoms with Crippen LogP contribution in [0.1, 0.15) is 17.8 Å². The molecule has 8 heteroatoms. The molecule has 2 aliphatic heterocycles. The lowest BCUT2D eigenvalue weighted by Gasteiger charge is -2.34. The van der Waals surface area contributed by atoms with Gasteiger partial charge in [0.25, 0.3) is 5.91 Å². The minimum Gasteiger partial charge on any atom is -0.383 e. The van der Waals surface area contributed by atoms with Gasteiger partial charge in [0.15, 0.2) is 5.17 Å². The molecule has 2 aliphatic rings. The average Bonchev–Trinajstić information content (AvgIpc) is 3.29. The van der Waals surface area contributed by atoms with Crippen LogP contribution in [0.2, 0.25) is 0 Å². The highest BCUT2D eigenvalue weighted by Gasteiger charge is 2.42. The zero-order valence-electron chi connectivity index (χ0n) is 14.3. The fourth-order valence-corrected chi connectivity index (χ4v) is 4.81. The van der Waals surface area contributed by atoms with Crippen molar-refractivity contribution in [2.45, 2.75) is 13.0 Å². The van der Waals surface area contributed by atoms with Crippen LogP contribution in [0.5, 0.6) is 0 Å². The van der Waals surface area contributed by atoms with Gasteiger partial charge in [-0.1, -0.05) is 24.3 Å². The number of nitrogens with zero attached hydrogens (tertiary/aromatic N) is 3. The summed E-state index contributed by atoms with van der Waals surface area (Å²) in [6.07, 6.45) is 0. The van der Waals surface area contributed by atoms with E-state index < -0.39 is 6.04 Å². The lowest BCUT2D eigenvalue weighted by Crippen LogP contribution is -2.39. The van der Waals surface area contributed by atoms with Gasteiger partial charge in [-0.15, -0.1) is 11.3 Å². The Bertz CT molecular complexity index is 1030. The number of hydrogen-bond acceptors (Lipinski definition) is 7. The smallest absolute Gasteiger partial charge is 0.255 e. The number of nitrogens with one attached hydrogen (secondary N) is 1. The van der Waals surface area contributed by atoms with Crippen molar-refractivity contribution >= 4 is 39.9 Å². The van der Waals surface area contributed by atoms with Gasteiger partial charge in [0.2, 0.25) is 0 Å². The van der Waals surface area contributed by atoms with E-state index in [0.29, 0.717) is 32.9 Å². The van der Waals surface area contributed by atoms with E-state index in [4.69, 9.17) is 5.73 Å². The maximum Gasteiger partial charge on any atom is 0.255 e. The Labute approximate surface area is 164 Å². The molecule has 1 aromatic heterocycles. The van der Waals surface area contributed by atoms with Crippen LogP contribution in [0, 0.1) is 11.3 Å². The number of amidine groups is 1. The first-order valence-corrected chi connectivity index (χ1v) is 9.86. The van der Waals surface area contributed by atoms with Crippen molar-refractivity contribution in [2.24, 2.45) is 10.7 Å². The first-order valence-electron chi connectivity index (χ1n) is 8.16. The summed E-state index contributed by atoms with van der Waals surface area (Å²) >= 11 is 2.77. The van der Waals surface area contributed by atoms with Crippen molar-refractivity contribution < 1.29 is 4.79 Å². The molecule has 4 rings (SSSR count). The number of fused-ring (bicyclic) bond motifs is 1. The van der Waals surface area contributed by atoms with E-state index in [0.717, 1.165) is 4.88 Å². The highest BCUT2D eigenvalue weighted by Crippen LogP contribution is 2.46. The van der Waals surface area contributed by atoms with Gasteiger partial charge in [-0.25, -0.2) is 4.99 Å². The molecule has 0 spiro atoms. The fourth-order valence-electron chi connectivity index (χ4n) is 3.07. The van der Waals surface area contributed by atoms with Gasteiger partial charge in [-0.2, -0.15) is 5.26 Å². The van der Waals surface area contributed by atoms with Gasteiger partial charge in [0.05, 0.1) is 11.3 Å². The lowest BCUT2D eigenvalue weighted by atomic mass is 9.99. The first-order chi connectivity index (χ1) is 13.1. The molecule has 0 saturated heterocycles. The number of anilines is 1. The topological polar surface area (TPSA) is 94.5 Å². The normalized spacial score (nSPS) is 18.9. The van der Waals surface area contributed by atoms with Crippen molar-refractivity contribution in [1.29, 1.82) is 5.26 Å². The van der Waals surface area contributed by atoms with Crippen LogP contribution in [-0.4, -0.2) is 16.0 Å². The summed E-state index contributed by atoms with van der Waals surface area (Å²) in [5, 5.41) is 14.9. The van der Waals surface area contributed by atoms with Crippen molar-refractivity contribution in [3.05, 3.63) is 74.7 Å². The second-order valence-corrected chi connectivity index (χ2v) is 7.89. The number of thioether (sulfide) groups is 1. The number of benzene rings is 1. The highest BCUT2D eigenvalue weighted by molar-refractivity contribution is 8.17. The Balaban J connectivity index is 1.79. The third-order valence-electron chi connectivity index (χ3n) is 4.27. The molecule has 0 saturated carbocycles. The number of nitrogens with two attached hydrogens (primary N) is 1. The molecule has 0 unspecified atom stereocenters. The van der Waals surface area contributed by atoms with E-state index in [1.54, 1.807) is 4.90 Å². The number of allylic oxidation sites excluding steroid dienone is 2. The Morgan fingerprint density at radius 3 is 2.74 bits per heavy atom. The third-order valence-corrected chi connectivity index (χ3v) is 6.17. The third kappa shape index (κ3) is 3.01. The number of nitriles is 1. The number of aliphatic imine (C=N–C) groups is 1. The summed E-state index contributed by atoms with van der Waals surface area (Å²) in [4.78, 5) is 20.8. The summed E-state index contributed by atoms with van der Waals surface area (Å²) < 4.78 is 0. The molecule has 1 aromatic carbocycles. The molecule has 3 N–H and O–H groups in total. The van der Waals surface area contributed by atoms with E-state index in [1.165, 1.54) is 23.1 Å². The van der Waals surface area contributed by atoms with Crippen LogP contribution in [0.4, 0.5) is 5.69 Å². The number of para-hydroxylation sites is 1. The number of carbonyl (C=O) groups excluding carboxylic acids is 1. The predicted molar refractivity (Wildman–Crippen MR) is 109 cm³/mol. The zero-order chi connectivity index (χ0) is 19.0. The van der Waals surface area contributed by atoms with Gasteiger partial charge in [0.1, 0.15) is 22.8 Å². The molecule has 2 aromatic rings. The molecular weight excluding hydrogens is 378 g/mol. The van der Waals surface area contributed by atoms with Crippen LogP contribution in [0.3, 0.4) is 0 Å². The molecule has 0 fully saturated rings. The summed E-state index contributed by atoms with van der Waals surface area (Å²) in [6, 6.07) is 14.9. The van der Waals surface area contributed by atoms with E-state index in [-0.39, 0.29) is 5.91 Å². The molecule has 6 nitrogen and oxygen atoms in total. The second kappa shape index (κ2) is 6.95. The minimum atomic E-state index is -0.417. The summed E-state index contributed by atoms with van der Waals surface area (Å²) in [5.74, 6) is 0.0975. The second-order valence-electron chi connectivity index (χ2n) is 5.93. The number of amides is 1. The zero-order valence-corrected chi connectivity index (χ0v) is 16.0. The van der Waals surface area contributed by atoms with Crippen molar-refractivity contribution in [3.8, 4) is 6.07 Å². The van der Waals surface area contributed by atoms with Crippen LogP contribution < -0.4 is 11.1 Å². The van der Waals surface area contributed by atoms with Crippen molar-refractivity contribution in [2.75, 3.05) is 5.32 Å². The Hall–Kier alpha value is -3.02. The number of carbonyl (C=O) groups is 1. The van der Waals surface area contributed by atoms with Gasteiger partial charge < -0.3 is 11.1 Å². The van der Waals surface area contributed by atoms with Crippen LogP contribution in [0.15, 0.2) is 74.8 Å². The van der Waals surface area contributed by atoms with E-state index in [1.807, 2.05) is 54.8 Å². The monoisotopic (exact) mass is 393 g/mol. The number of thiophene rings is 1. The van der Waals surface area contributed by atoms with Crippen LogP contribution in [0.25, 0.3) is 0 Å². The predicted octanol–water partition coefficient (Wildman–Crippen LogP) is 3.77. The van der Waals surface area contributed by atoms with Gasteiger partial charge in [0, 0.05) is 10.6 Å². The Morgan fingerprint density at radius 1 is 1.30 bits per heavy atom. The minimum absolute atomic E-state index is 0.233. The molecule has 134 valence electrons. The number of hydrogen-bond donors (Lipinski definition) is 2. The Kier molecular flexibility index (Phi) is 4.48. The van der Waals surface area contributed by atoms with Gasteiger partial charge >= 0.3 is 0 Å². The van der Waals surface area contributed by atoms with Gasteiger partial charge in [-0.3, -0.25) is 9.69 Å². The van der Waals surface area contributed by atoms with E-state index in [2.05, 4.69) is 16.4 Å². The fraction of sp³-hybridized carbons (Fsp3) is 0.105. The maximum absolute atomic E-state index is 13.1. The van der Waals surface area contributed by atoms with Crippen LogP contribution >= 0.6 is 23.1 Å². The summed E-state index contributed by atoms with van der Waals surface area (Å²) in [5.41, 5.74) is 8.08. The molecule has 27 heavy (non-hydrogen) atoms. The van der Waals surface area contributed by atoms with Crippen molar-refractivity contribution in [3.63, 3.8) is 0 Å². The molecule has 0 radical (unpaired) electrons. The quantitative estimate of drug-likeness (QED) is 0.828. The molecule has 0 bridgehead atoms. The standard InChI is InChI=1S/C19H15N5OS2/c1-11-15(18(25)23-12-6-3-2-4-7-12)16(13-8-5-9-26-13)24-17(21)14(10-20)27-19(24)22-11/h2-9,16H,21H2,1H3,(H,23,25)/t16-/m0/s1. The summed E-state index contributed by atoms with van der Waals surface area (Å²) in [6.45, 7) is 1.81. The first kappa shape index (κ1) is 17.4. The molecule has 1 atom stereocenters. The van der Waals surface area contributed by atoms with Gasteiger partial charge in [-0.05, 0) is 42.3 Å². The largest absolute Gasteiger partial charge is 0.383 e. The van der Waals surface area contributed by atoms with Crippen molar-refractivity contribution in [1.82, 2.24) is 4.90 Å². The van der Waals surface area contributed by atoms with E-state index >= 15 is 0 Å². The van der Waals surface area contributed by atoms with E-state index in [9.17, 15) is 10.1 Å². The summed E-state index contributed by atoms with van der Waals surface area (Å²) in [7, 11) is 0. The average molecular weight is 393 g/mol. The maximum atomic E-state index is 13.1. The SMILES string of the molecule is CC1=C(C(=O)Nc2ccccc2)[C@H](c2cccs2)N2C(=N1)SC(C#N)=C2N. The Morgan fingerprint density at radius 2 is 2.07 bits per heavy atom. The van der Waals surface area contributed by atoms with Crippen LogP contribution in [-0.2, 0) is 4.79 Å². The molecule has 3 heterocycles. The molecular formula is C19H15N5OS2. The lowest BCUT2D eigenvalue weighted by molar-refractivity contribution is -0.113.